The van der Waals surface area contributed by atoms with Crippen LogP contribution in [0.3, 0.4) is 0 Å². The minimum atomic E-state index is -0.181. The van der Waals surface area contributed by atoms with E-state index in [1.807, 2.05) is 30.3 Å². The Labute approximate surface area is 124 Å². The third-order valence-corrected chi connectivity index (χ3v) is 3.73. The van der Waals surface area contributed by atoms with E-state index in [0.717, 1.165) is 5.75 Å². The van der Waals surface area contributed by atoms with Gasteiger partial charge in [0.05, 0.1) is 12.9 Å². The Morgan fingerprint density at radius 3 is 2.79 bits per heavy atom. The molecule has 1 heterocycles. The van der Waals surface area contributed by atoms with Crippen LogP contribution >= 0.6 is 27.5 Å². The topological polar surface area (TPSA) is 44.1 Å². The fourth-order valence-corrected chi connectivity index (χ4v) is 2.00. The van der Waals surface area contributed by atoms with Crippen LogP contribution in [0.25, 0.3) is 0 Å². The van der Waals surface area contributed by atoms with Gasteiger partial charge in [-0.2, -0.15) is 0 Å². The maximum Gasteiger partial charge on any atom is 0.269 e. The van der Waals surface area contributed by atoms with E-state index in [9.17, 15) is 4.79 Å². The number of ether oxygens (including phenoxy) is 1. The van der Waals surface area contributed by atoms with Gasteiger partial charge in [-0.25, -0.2) is 4.98 Å². The van der Waals surface area contributed by atoms with Gasteiger partial charge in [0.25, 0.3) is 5.56 Å². The summed E-state index contributed by atoms with van der Waals surface area (Å²) in [7, 11) is 0. The van der Waals surface area contributed by atoms with Crippen molar-refractivity contribution in [3.63, 3.8) is 0 Å². The third kappa shape index (κ3) is 3.81. The molecule has 1 aromatic heterocycles. The van der Waals surface area contributed by atoms with Crippen molar-refractivity contribution in [3.8, 4) is 5.75 Å². The first kappa shape index (κ1) is 14.1. The highest BCUT2D eigenvalue weighted by molar-refractivity contribution is 9.10. The summed E-state index contributed by atoms with van der Waals surface area (Å²) >= 11 is 8.85. The van der Waals surface area contributed by atoms with Crippen LogP contribution in [0.2, 0.25) is 5.15 Å². The summed E-state index contributed by atoms with van der Waals surface area (Å²) in [4.78, 5) is 15.7. The van der Waals surface area contributed by atoms with Gasteiger partial charge in [0, 0.05) is 6.54 Å². The van der Waals surface area contributed by atoms with Gasteiger partial charge in [-0.1, -0.05) is 29.8 Å². The molecule has 0 aliphatic heterocycles. The normalized spacial score (nSPS) is 10.4. The molecule has 0 saturated carbocycles. The largest absolute Gasteiger partial charge is 0.494 e. The summed E-state index contributed by atoms with van der Waals surface area (Å²) in [5, 5.41) is 0.182. The monoisotopic (exact) mass is 342 g/mol. The molecule has 0 radical (unpaired) electrons. The lowest BCUT2D eigenvalue weighted by Gasteiger charge is -2.08. The summed E-state index contributed by atoms with van der Waals surface area (Å²) in [6.07, 6.45) is 2.16. The second kappa shape index (κ2) is 6.73. The van der Waals surface area contributed by atoms with Gasteiger partial charge >= 0.3 is 0 Å². The standard InChI is InChI=1S/C13H12BrClN2O2/c14-11-12(15)16-9-17(13(11)18)7-4-8-19-10-5-2-1-3-6-10/h1-3,5-6,9H,4,7-8H2. The number of aromatic nitrogens is 2. The maximum absolute atomic E-state index is 11.8. The minimum absolute atomic E-state index is 0.181. The zero-order valence-electron chi connectivity index (χ0n) is 10.1. The second-order valence-electron chi connectivity index (χ2n) is 3.86. The number of rotatable bonds is 5. The predicted molar refractivity (Wildman–Crippen MR) is 77.8 cm³/mol. The number of halogens is 2. The highest BCUT2D eigenvalue weighted by Gasteiger charge is 2.06. The van der Waals surface area contributed by atoms with E-state index >= 15 is 0 Å². The highest BCUT2D eigenvalue weighted by Crippen LogP contribution is 2.13. The lowest BCUT2D eigenvalue weighted by molar-refractivity contribution is 0.300. The number of nitrogens with zero attached hydrogens (tertiary/aromatic N) is 2. The van der Waals surface area contributed by atoms with Crippen molar-refractivity contribution >= 4 is 27.5 Å². The molecule has 2 aromatic rings. The van der Waals surface area contributed by atoms with E-state index in [-0.39, 0.29) is 10.7 Å². The average molecular weight is 344 g/mol. The van der Waals surface area contributed by atoms with Crippen LogP contribution in [0.1, 0.15) is 6.42 Å². The molecule has 0 saturated heterocycles. The smallest absolute Gasteiger partial charge is 0.269 e. The number of aryl methyl sites for hydroxylation is 1. The van der Waals surface area contributed by atoms with E-state index in [0.29, 0.717) is 24.0 Å². The molecule has 0 fully saturated rings. The molecule has 6 heteroatoms. The van der Waals surface area contributed by atoms with E-state index in [1.165, 1.54) is 10.9 Å². The predicted octanol–water partition coefficient (Wildman–Crippen LogP) is 3.13. The lowest BCUT2D eigenvalue weighted by Crippen LogP contribution is -2.22. The van der Waals surface area contributed by atoms with Crippen LogP contribution in [-0.2, 0) is 6.54 Å². The van der Waals surface area contributed by atoms with Gasteiger partial charge in [0.1, 0.15) is 10.2 Å². The Hall–Kier alpha value is -1.33. The fraction of sp³-hybridized carbons (Fsp3) is 0.231. The van der Waals surface area contributed by atoms with E-state index < -0.39 is 0 Å². The Morgan fingerprint density at radius 2 is 2.05 bits per heavy atom. The van der Waals surface area contributed by atoms with Crippen molar-refractivity contribution in [2.75, 3.05) is 6.61 Å². The summed E-state index contributed by atoms with van der Waals surface area (Å²) < 4.78 is 7.34. The van der Waals surface area contributed by atoms with Crippen LogP contribution in [-0.4, -0.2) is 16.2 Å². The van der Waals surface area contributed by atoms with E-state index in [1.54, 1.807) is 0 Å². The van der Waals surface area contributed by atoms with Gasteiger partial charge in [-0.05, 0) is 34.5 Å². The molecule has 0 amide bonds. The molecular formula is C13H12BrClN2O2. The summed E-state index contributed by atoms with van der Waals surface area (Å²) in [5.41, 5.74) is -0.181. The molecule has 0 aliphatic rings. The fourth-order valence-electron chi connectivity index (χ4n) is 1.54. The van der Waals surface area contributed by atoms with Crippen LogP contribution in [0, 0.1) is 0 Å². The SMILES string of the molecule is O=c1c(Br)c(Cl)ncn1CCCOc1ccccc1. The first-order valence-corrected chi connectivity index (χ1v) is 6.94. The Kier molecular flexibility index (Phi) is 4.99. The third-order valence-electron chi connectivity index (χ3n) is 2.50. The molecular weight excluding hydrogens is 332 g/mol. The number of para-hydroxylation sites is 1. The van der Waals surface area contributed by atoms with Crippen molar-refractivity contribution in [2.45, 2.75) is 13.0 Å². The van der Waals surface area contributed by atoms with Gasteiger partial charge in [0.2, 0.25) is 0 Å². The zero-order valence-corrected chi connectivity index (χ0v) is 12.4. The zero-order chi connectivity index (χ0) is 13.7. The first-order valence-electron chi connectivity index (χ1n) is 5.77. The molecule has 0 bridgehead atoms. The summed E-state index contributed by atoms with van der Waals surface area (Å²) in [5.74, 6) is 0.824. The molecule has 0 aliphatic carbocycles. The van der Waals surface area contributed by atoms with Crippen molar-refractivity contribution in [1.29, 1.82) is 0 Å². The molecule has 0 N–H and O–H groups in total. The molecule has 0 unspecified atom stereocenters. The summed E-state index contributed by atoms with van der Waals surface area (Å²) in [6.45, 7) is 1.07. The molecule has 19 heavy (non-hydrogen) atoms. The molecule has 1 aromatic carbocycles. The number of hydrogen-bond acceptors (Lipinski definition) is 3. The summed E-state index contributed by atoms with van der Waals surface area (Å²) in [6, 6.07) is 9.56. The van der Waals surface area contributed by atoms with Crippen molar-refractivity contribution < 1.29 is 4.74 Å². The first-order chi connectivity index (χ1) is 9.18. The van der Waals surface area contributed by atoms with Crippen molar-refractivity contribution in [3.05, 3.63) is 56.6 Å². The molecule has 4 nitrogen and oxygen atoms in total. The molecule has 2 rings (SSSR count). The quantitative estimate of drug-likeness (QED) is 0.619. The van der Waals surface area contributed by atoms with Crippen LogP contribution in [0.15, 0.2) is 45.9 Å². The van der Waals surface area contributed by atoms with Crippen LogP contribution < -0.4 is 10.3 Å². The van der Waals surface area contributed by atoms with E-state index in [2.05, 4.69) is 20.9 Å². The maximum atomic E-state index is 11.8. The second-order valence-corrected chi connectivity index (χ2v) is 5.01. The Bertz CT molecular complexity index is 601. The van der Waals surface area contributed by atoms with Gasteiger partial charge in [-0.3, -0.25) is 9.36 Å². The van der Waals surface area contributed by atoms with Crippen molar-refractivity contribution in [2.24, 2.45) is 0 Å². The van der Waals surface area contributed by atoms with Crippen LogP contribution in [0.4, 0.5) is 0 Å². The molecule has 0 atom stereocenters. The Morgan fingerprint density at radius 1 is 1.32 bits per heavy atom. The molecule has 100 valence electrons. The number of hydrogen-bond donors (Lipinski definition) is 0. The van der Waals surface area contributed by atoms with Gasteiger partial charge in [-0.15, -0.1) is 0 Å². The van der Waals surface area contributed by atoms with Crippen molar-refractivity contribution in [1.82, 2.24) is 9.55 Å². The molecule has 0 spiro atoms. The van der Waals surface area contributed by atoms with Gasteiger partial charge < -0.3 is 4.74 Å². The Balaban J connectivity index is 1.87. The lowest BCUT2D eigenvalue weighted by atomic mass is 10.3. The highest BCUT2D eigenvalue weighted by atomic mass is 79.9. The van der Waals surface area contributed by atoms with Crippen LogP contribution in [0.5, 0.6) is 5.75 Å². The van der Waals surface area contributed by atoms with E-state index in [4.69, 9.17) is 16.3 Å². The minimum Gasteiger partial charge on any atom is -0.494 e. The average Bonchev–Trinajstić information content (AvgIpc) is 2.44. The number of benzene rings is 1. The van der Waals surface area contributed by atoms with Gasteiger partial charge in [0.15, 0.2) is 5.15 Å².